The molecule has 1 aromatic carbocycles. The van der Waals surface area contributed by atoms with Crippen LogP contribution in [0.3, 0.4) is 0 Å². The first kappa shape index (κ1) is 13.5. The van der Waals surface area contributed by atoms with Gasteiger partial charge in [-0.05, 0) is 31.4 Å². The van der Waals surface area contributed by atoms with Gasteiger partial charge in [-0.2, -0.15) is 0 Å². The number of halogens is 1. The summed E-state index contributed by atoms with van der Waals surface area (Å²) in [5, 5.41) is 0. The second-order valence-corrected chi connectivity index (χ2v) is 4.71. The maximum Gasteiger partial charge on any atom is 0.0237 e. The Bertz CT molecular complexity index is 352. The maximum absolute atomic E-state index is 5.90. The van der Waals surface area contributed by atoms with Crippen molar-refractivity contribution in [2.75, 3.05) is 13.1 Å². The van der Waals surface area contributed by atoms with E-state index in [-0.39, 0.29) is 12.4 Å². The third kappa shape index (κ3) is 3.21. The zero-order valence-corrected chi connectivity index (χ0v) is 10.9. The van der Waals surface area contributed by atoms with Crippen molar-refractivity contribution in [1.82, 2.24) is 4.90 Å². The second kappa shape index (κ2) is 5.67. The van der Waals surface area contributed by atoms with Gasteiger partial charge < -0.3 is 5.73 Å². The lowest BCUT2D eigenvalue weighted by molar-refractivity contribution is 0.326. The Morgan fingerprint density at radius 3 is 2.69 bits per heavy atom. The summed E-state index contributed by atoms with van der Waals surface area (Å²) in [7, 11) is 0. The molecule has 1 atom stereocenters. The molecule has 2 rings (SSSR count). The van der Waals surface area contributed by atoms with Gasteiger partial charge in [0, 0.05) is 25.7 Å². The van der Waals surface area contributed by atoms with Crippen LogP contribution in [0.5, 0.6) is 0 Å². The van der Waals surface area contributed by atoms with Crippen molar-refractivity contribution in [1.29, 1.82) is 0 Å². The van der Waals surface area contributed by atoms with Gasteiger partial charge in [-0.25, -0.2) is 0 Å². The van der Waals surface area contributed by atoms with Crippen LogP contribution >= 0.6 is 12.4 Å². The summed E-state index contributed by atoms with van der Waals surface area (Å²) < 4.78 is 0. The fraction of sp³-hybridized carbons (Fsp3) is 0.538. The zero-order valence-electron chi connectivity index (χ0n) is 10.1. The minimum Gasteiger partial charge on any atom is -0.326 e. The predicted molar refractivity (Wildman–Crippen MR) is 71.0 cm³/mol. The minimum absolute atomic E-state index is 0. The van der Waals surface area contributed by atoms with Crippen LogP contribution < -0.4 is 5.73 Å². The first-order valence-corrected chi connectivity index (χ1v) is 5.69. The standard InChI is InChI=1S/C13H20N2.ClH/c1-10-3-4-12(11(2)7-10)8-15-6-5-13(14)9-15;/h3-4,7,13H,5-6,8-9,14H2,1-2H3;1H/t13-;/m1./s1. The quantitative estimate of drug-likeness (QED) is 0.859. The Labute approximate surface area is 104 Å². The summed E-state index contributed by atoms with van der Waals surface area (Å²) in [6.07, 6.45) is 1.14. The highest BCUT2D eigenvalue weighted by atomic mass is 35.5. The van der Waals surface area contributed by atoms with Crippen LogP contribution in [0.4, 0.5) is 0 Å². The first-order valence-electron chi connectivity index (χ1n) is 5.69. The van der Waals surface area contributed by atoms with Gasteiger partial charge >= 0.3 is 0 Å². The average molecular weight is 241 g/mol. The molecule has 1 aliphatic rings. The van der Waals surface area contributed by atoms with Gasteiger partial charge in [0.2, 0.25) is 0 Å². The smallest absolute Gasteiger partial charge is 0.0237 e. The Balaban J connectivity index is 0.00000128. The molecule has 0 unspecified atom stereocenters. The summed E-state index contributed by atoms with van der Waals surface area (Å²) in [5.74, 6) is 0. The van der Waals surface area contributed by atoms with E-state index in [4.69, 9.17) is 5.73 Å². The van der Waals surface area contributed by atoms with Gasteiger partial charge in [-0.1, -0.05) is 23.8 Å². The fourth-order valence-corrected chi connectivity index (χ4v) is 2.27. The Morgan fingerprint density at radius 2 is 2.12 bits per heavy atom. The molecule has 0 bridgehead atoms. The molecule has 0 saturated carbocycles. The molecule has 0 aromatic heterocycles. The van der Waals surface area contributed by atoms with Crippen molar-refractivity contribution in [2.45, 2.75) is 32.9 Å². The lowest BCUT2D eigenvalue weighted by Gasteiger charge is -2.17. The van der Waals surface area contributed by atoms with Gasteiger partial charge in [0.1, 0.15) is 0 Å². The molecule has 1 saturated heterocycles. The molecule has 2 nitrogen and oxygen atoms in total. The topological polar surface area (TPSA) is 29.3 Å². The van der Waals surface area contributed by atoms with Crippen molar-refractivity contribution in [2.24, 2.45) is 5.73 Å². The number of benzene rings is 1. The summed E-state index contributed by atoms with van der Waals surface area (Å²) >= 11 is 0. The fourth-order valence-electron chi connectivity index (χ4n) is 2.27. The highest BCUT2D eigenvalue weighted by Crippen LogP contribution is 2.16. The molecule has 1 fully saturated rings. The number of hydrogen-bond acceptors (Lipinski definition) is 2. The maximum atomic E-state index is 5.90. The zero-order chi connectivity index (χ0) is 10.8. The molecular formula is C13H21ClN2. The van der Waals surface area contributed by atoms with E-state index >= 15 is 0 Å². The lowest BCUT2D eigenvalue weighted by atomic mass is 10.1. The van der Waals surface area contributed by atoms with Crippen molar-refractivity contribution in [3.8, 4) is 0 Å². The normalized spacial score (nSPS) is 20.8. The summed E-state index contributed by atoms with van der Waals surface area (Å²) in [6.45, 7) is 7.59. The molecule has 0 amide bonds. The number of aryl methyl sites for hydroxylation is 2. The summed E-state index contributed by atoms with van der Waals surface area (Å²) in [5.41, 5.74) is 10.1. The molecule has 0 aliphatic carbocycles. The summed E-state index contributed by atoms with van der Waals surface area (Å²) in [4.78, 5) is 2.45. The highest BCUT2D eigenvalue weighted by molar-refractivity contribution is 5.85. The van der Waals surface area contributed by atoms with E-state index < -0.39 is 0 Å². The van der Waals surface area contributed by atoms with E-state index in [2.05, 4.69) is 36.9 Å². The van der Waals surface area contributed by atoms with Crippen LogP contribution in [0.25, 0.3) is 0 Å². The van der Waals surface area contributed by atoms with Crippen LogP contribution in [0, 0.1) is 13.8 Å². The number of nitrogens with zero attached hydrogens (tertiary/aromatic N) is 1. The van der Waals surface area contributed by atoms with E-state index in [9.17, 15) is 0 Å². The second-order valence-electron chi connectivity index (χ2n) is 4.71. The van der Waals surface area contributed by atoms with Crippen molar-refractivity contribution >= 4 is 12.4 Å². The average Bonchev–Trinajstić information content (AvgIpc) is 2.56. The molecule has 2 N–H and O–H groups in total. The van der Waals surface area contributed by atoms with Crippen molar-refractivity contribution in [3.63, 3.8) is 0 Å². The van der Waals surface area contributed by atoms with Crippen LogP contribution in [-0.4, -0.2) is 24.0 Å². The molecule has 3 heteroatoms. The van der Waals surface area contributed by atoms with E-state index in [0.29, 0.717) is 6.04 Å². The summed E-state index contributed by atoms with van der Waals surface area (Å²) in [6, 6.07) is 7.08. The first-order chi connectivity index (χ1) is 7.15. The largest absolute Gasteiger partial charge is 0.326 e. The van der Waals surface area contributed by atoms with Crippen LogP contribution in [0.1, 0.15) is 23.1 Å². The minimum atomic E-state index is 0. The van der Waals surface area contributed by atoms with Gasteiger partial charge in [-0.3, -0.25) is 4.90 Å². The van der Waals surface area contributed by atoms with Gasteiger partial charge in [-0.15, -0.1) is 12.4 Å². The van der Waals surface area contributed by atoms with Gasteiger partial charge in [0.25, 0.3) is 0 Å². The highest BCUT2D eigenvalue weighted by Gasteiger charge is 2.19. The molecule has 1 aromatic rings. The molecule has 16 heavy (non-hydrogen) atoms. The Morgan fingerprint density at radius 1 is 1.38 bits per heavy atom. The number of likely N-dealkylation sites (tertiary alicyclic amines) is 1. The molecule has 0 spiro atoms. The third-order valence-electron chi connectivity index (χ3n) is 3.20. The van der Waals surface area contributed by atoms with Crippen molar-refractivity contribution < 1.29 is 0 Å². The van der Waals surface area contributed by atoms with Gasteiger partial charge in [0.05, 0.1) is 0 Å². The Kier molecular flexibility index (Phi) is 4.78. The van der Waals surface area contributed by atoms with E-state index in [1.807, 2.05) is 0 Å². The van der Waals surface area contributed by atoms with E-state index in [1.54, 1.807) is 0 Å². The number of rotatable bonds is 2. The molecular weight excluding hydrogens is 220 g/mol. The molecule has 0 radical (unpaired) electrons. The van der Waals surface area contributed by atoms with Gasteiger partial charge in [0.15, 0.2) is 0 Å². The molecule has 1 heterocycles. The number of nitrogens with two attached hydrogens (primary N) is 1. The van der Waals surface area contributed by atoms with E-state index in [0.717, 1.165) is 26.1 Å². The van der Waals surface area contributed by atoms with Crippen molar-refractivity contribution in [3.05, 3.63) is 34.9 Å². The molecule has 90 valence electrons. The lowest BCUT2D eigenvalue weighted by Crippen LogP contribution is -2.26. The third-order valence-corrected chi connectivity index (χ3v) is 3.20. The molecule has 1 aliphatic heterocycles. The number of hydrogen-bond donors (Lipinski definition) is 1. The van der Waals surface area contributed by atoms with Crippen LogP contribution in [-0.2, 0) is 6.54 Å². The Hall–Kier alpha value is -0.570. The monoisotopic (exact) mass is 240 g/mol. The predicted octanol–water partition coefficient (Wildman–Crippen LogP) is 2.26. The van der Waals surface area contributed by atoms with Crippen LogP contribution in [0.15, 0.2) is 18.2 Å². The van der Waals surface area contributed by atoms with Crippen LogP contribution in [0.2, 0.25) is 0 Å². The van der Waals surface area contributed by atoms with E-state index in [1.165, 1.54) is 16.7 Å². The SMILES string of the molecule is Cc1ccc(CN2CC[C@@H](N)C2)c(C)c1.Cl.